The third-order valence-electron chi connectivity index (χ3n) is 3.87. The summed E-state index contributed by atoms with van der Waals surface area (Å²) >= 11 is 0. The van der Waals surface area contributed by atoms with Crippen LogP contribution in [0.2, 0.25) is 0 Å². The van der Waals surface area contributed by atoms with Gasteiger partial charge in [-0.05, 0) is 36.3 Å². The van der Waals surface area contributed by atoms with Crippen molar-refractivity contribution in [2.24, 2.45) is 10.8 Å². The molecule has 0 saturated heterocycles. The maximum Gasteiger partial charge on any atom is 1.00 e. The number of rotatable bonds is 11. The van der Waals surface area contributed by atoms with Gasteiger partial charge < -0.3 is 18.8 Å². The molecule has 8 heteroatoms. The summed E-state index contributed by atoms with van der Waals surface area (Å²) in [4.78, 5) is 0. The Hall–Kier alpha value is -0.150. The van der Waals surface area contributed by atoms with Crippen molar-refractivity contribution in [3.8, 4) is 5.75 Å². The Bertz CT molecular complexity index is 670. The van der Waals surface area contributed by atoms with Gasteiger partial charge in [0.05, 0.1) is 6.61 Å². The Morgan fingerprint density at radius 1 is 0.929 bits per heavy atom. The SMILES string of the molecule is CCOC(CC(C)(C)CC(C)(C)C)(OCCOc1ccccc1)S(=O)(=O)[O-].[Na+]. The number of benzene rings is 1. The summed E-state index contributed by atoms with van der Waals surface area (Å²) in [5, 5.41) is -2.23. The molecule has 1 atom stereocenters. The monoisotopic (exact) mass is 424 g/mol. The first kappa shape index (κ1) is 27.8. The van der Waals surface area contributed by atoms with Gasteiger partial charge in [0.1, 0.15) is 12.4 Å². The summed E-state index contributed by atoms with van der Waals surface area (Å²) in [6.45, 7) is 11.7. The molecule has 0 fully saturated rings. The van der Waals surface area contributed by atoms with Crippen LogP contribution in [-0.2, 0) is 19.6 Å². The molecular formula is C20H33NaO6S. The van der Waals surface area contributed by atoms with Gasteiger partial charge in [-0.2, -0.15) is 0 Å². The predicted octanol–water partition coefficient (Wildman–Crippen LogP) is 1.17. The van der Waals surface area contributed by atoms with Gasteiger partial charge in [0.15, 0.2) is 10.1 Å². The minimum atomic E-state index is -4.87. The standard InChI is InChI=1S/C20H34O6S.Na/c1-7-25-20(27(21,22)23,16-19(5,6)15-18(2,3)4)26-14-13-24-17-11-9-8-10-12-17;/h8-12H,7,13-16H2,1-6H3,(H,21,22,23);/q;+1/p-1. The molecule has 1 aromatic rings. The van der Waals surface area contributed by atoms with Gasteiger partial charge >= 0.3 is 29.6 Å². The van der Waals surface area contributed by atoms with E-state index in [9.17, 15) is 13.0 Å². The van der Waals surface area contributed by atoms with Crippen LogP contribution < -0.4 is 34.3 Å². The molecule has 0 heterocycles. The molecule has 1 rings (SSSR count). The molecular weight excluding hydrogens is 391 g/mol. The van der Waals surface area contributed by atoms with Gasteiger partial charge in [-0.15, -0.1) is 0 Å². The summed E-state index contributed by atoms with van der Waals surface area (Å²) < 4.78 is 52.8. The minimum absolute atomic E-state index is 0. The van der Waals surface area contributed by atoms with Crippen LogP contribution in [0.25, 0.3) is 0 Å². The second-order valence-electron chi connectivity index (χ2n) is 8.66. The van der Waals surface area contributed by atoms with Crippen LogP contribution in [-0.4, -0.2) is 37.9 Å². The number of hydrogen-bond acceptors (Lipinski definition) is 6. The normalized spacial score (nSPS) is 14.8. The first-order valence-corrected chi connectivity index (χ1v) is 10.6. The second kappa shape index (κ2) is 11.3. The average Bonchev–Trinajstić information content (AvgIpc) is 2.48. The van der Waals surface area contributed by atoms with Crippen molar-refractivity contribution in [3.05, 3.63) is 30.3 Å². The van der Waals surface area contributed by atoms with Gasteiger partial charge in [0.2, 0.25) is 0 Å². The van der Waals surface area contributed by atoms with E-state index in [1.165, 1.54) is 0 Å². The summed E-state index contributed by atoms with van der Waals surface area (Å²) in [5.74, 6) is 0.640. The molecule has 0 amide bonds. The Kier molecular flexibility index (Phi) is 11.2. The molecule has 0 aliphatic rings. The molecule has 0 spiro atoms. The van der Waals surface area contributed by atoms with Crippen LogP contribution in [0.5, 0.6) is 5.75 Å². The molecule has 0 aliphatic carbocycles. The first-order valence-electron chi connectivity index (χ1n) is 9.21. The van der Waals surface area contributed by atoms with E-state index >= 15 is 0 Å². The fourth-order valence-corrected chi connectivity index (χ4v) is 4.61. The number of ether oxygens (including phenoxy) is 3. The third-order valence-corrected chi connectivity index (χ3v) is 5.01. The fourth-order valence-electron chi connectivity index (χ4n) is 3.55. The van der Waals surface area contributed by atoms with E-state index in [1.54, 1.807) is 19.1 Å². The van der Waals surface area contributed by atoms with Crippen LogP contribution in [0, 0.1) is 10.8 Å². The molecule has 1 aromatic carbocycles. The molecule has 0 N–H and O–H groups in total. The van der Waals surface area contributed by atoms with E-state index in [0.717, 1.165) is 0 Å². The first-order chi connectivity index (χ1) is 12.3. The topological polar surface area (TPSA) is 84.9 Å². The van der Waals surface area contributed by atoms with Crippen LogP contribution in [0.3, 0.4) is 0 Å². The van der Waals surface area contributed by atoms with Crippen molar-refractivity contribution < 1.29 is 56.7 Å². The quantitative estimate of drug-likeness (QED) is 0.230. The summed E-state index contributed by atoms with van der Waals surface area (Å²) in [7, 11) is -4.87. The number of hydrogen-bond donors (Lipinski definition) is 0. The van der Waals surface area contributed by atoms with E-state index in [1.807, 2.05) is 32.0 Å². The maximum absolute atomic E-state index is 12.1. The van der Waals surface area contributed by atoms with Crippen molar-refractivity contribution in [1.82, 2.24) is 0 Å². The van der Waals surface area contributed by atoms with Crippen LogP contribution >= 0.6 is 0 Å². The molecule has 0 aliphatic heterocycles. The summed E-state index contributed by atoms with van der Waals surface area (Å²) in [6, 6.07) is 9.10. The smallest absolute Gasteiger partial charge is 0.744 e. The van der Waals surface area contributed by atoms with Crippen molar-refractivity contribution in [3.63, 3.8) is 0 Å². The zero-order chi connectivity index (χ0) is 20.8. The number of para-hydroxylation sites is 1. The van der Waals surface area contributed by atoms with Gasteiger partial charge in [-0.25, -0.2) is 8.42 Å². The Balaban J connectivity index is 0.00000729. The molecule has 0 saturated carbocycles. The van der Waals surface area contributed by atoms with Crippen LogP contribution in [0.15, 0.2) is 30.3 Å². The second-order valence-corrected chi connectivity index (χ2v) is 10.2. The van der Waals surface area contributed by atoms with E-state index in [4.69, 9.17) is 14.2 Å². The Morgan fingerprint density at radius 3 is 1.96 bits per heavy atom. The zero-order valence-electron chi connectivity index (χ0n) is 18.3. The molecule has 28 heavy (non-hydrogen) atoms. The van der Waals surface area contributed by atoms with Gasteiger partial charge in [0, 0.05) is 13.0 Å². The summed E-state index contributed by atoms with van der Waals surface area (Å²) in [6.07, 6.45) is 0.649. The molecule has 6 nitrogen and oxygen atoms in total. The van der Waals surface area contributed by atoms with Gasteiger partial charge in [-0.1, -0.05) is 52.8 Å². The van der Waals surface area contributed by atoms with Crippen LogP contribution in [0.4, 0.5) is 0 Å². The maximum atomic E-state index is 12.1. The van der Waals surface area contributed by atoms with E-state index < -0.39 is 20.7 Å². The fraction of sp³-hybridized carbons (Fsp3) is 0.700. The molecule has 0 bridgehead atoms. The van der Waals surface area contributed by atoms with Crippen molar-refractivity contribution in [2.45, 2.75) is 59.5 Å². The molecule has 0 radical (unpaired) electrons. The van der Waals surface area contributed by atoms with E-state index in [2.05, 4.69) is 20.8 Å². The van der Waals surface area contributed by atoms with Crippen molar-refractivity contribution >= 4 is 10.1 Å². The van der Waals surface area contributed by atoms with Gasteiger partial charge in [0.25, 0.3) is 5.12 Å². The molecule has 0 aromatic heterocycles. The van der Waals surface area contributed by atoms with E-state index in [-0.39, 0.29) is 61.2 Å². The molecule has 1 unspecified atom stereocenters. The average molecular weight is 425 g/mol. The third kappa shape index (κ3) is 9.57. The zero-order valence-corrected chi connectivity index (χ0v) is 21.1. The predicted molar refractivity (Wildman–Crippen MR) is 104 cm³/mol. The van der Waals surface area contributed by atoms with Crippen molar-refractivity contribution in [1.29, 1.82) is 0 Å². The Labute approximate surface area is 192 Å². The van der Waals surface area contributed by atoms with Crippen molar-refractivity contribution in [2.75, 3.05) is 19.8 Å². The van der Waals surface area contributed by atoms with E-state index in [0.29, 0.717) is 12.2 Å². The van der Waals surface area contributed by atoms with Gasteiger partial charge in [-0.3, -0.25) is 0 Å². The minimum Gasteiger partial charge on any atom is -0.744 e. The van der Waals surface area contributed by atoms with Crippen LogP contribution in [0.1, 0.15) is 54.4 Å². The largest absolute Gasteiger partial charge is 1.00 e. The Morgan fingerprint density at radius 2 is 1.50 bits per heavy atom. The summed E-state index contributed by atoms with van der Waals surface area (Å²) in [5.41, 5.74) is -0.518. The molecule has 156 valence electrons.